The Morgan fingerprint density at radius 2 is 1.58 bits per heavy atom. The lowest BCUT2D eigenvalue weighted by Crippen LogP contribution is -2.48. The molecule has 0 atom stereocenters. The molecule has 0 amide bonds. The molecule has 33 heavy (non-hydrogen) atoms. The van der Waals surface area contributed by atoms with Crippen LogP contribution in [-0.4, -0.2) is 0 Å². The Morgan fingerprint density at radius 1 is 0.848 bits per heavy atom. The first-order valence-corrected chi connectivity index (χ1v) is 13.6. The lowest BCUT2D eigenvalue weighted by atomic mass is 9.48. The van der Waals surface area contributed by atoms with E-state index in [1.54, 1.807) is 5.56 Å². The zero-order valence-corrected chi connectivity index (χ0v) is 20.3. The van der Waals surface area contributed by atoms with Crippen LogP contribution in [0.15, 0.2) is 64.5 Å². The fraction of sp³-hybridized carbons (Fsp3) is 0.387. The standard InChI is InChI=1S/C31H30NS/c1-18-25-6-4-3-5-22(25)13-26-28(18)30-29-23(7-8-32(30)2)12-24(14-27(29)33-26)31-15-19-9-20(16-31)11-21(10-19)17-31/h3-8,12-14,19-21H,9-11,15-17H2,1-2H3/q+1. The Kier molecular flexibility index (Phi) is 3.70. The van der Waals surface area contributed by atoms with E-state index < -0.39 is 0 Å². The number of hydrogen-bond acceptors (Lipinski definition) is 1. The van der Waals surface area contributed by atoms with Gasteiger partial charge in [-0.3, -0.25) is 0 Å². The topological polar surface area (TPSA) is 3.88 Å². The van der Waals surface area contributed by atoms with Gasteiger partial charge in [0, 0.05) is 15.9 Å². The predicted octanol–water partition coefficient (Wildman–Crippen LogP) is 7.73. The van der Waals surface area contributed by atoms with Crippen molar-refractivity contribution in [2.45, 2.75) is 60.7 Å². The van der Waals surface area contributed by atoms with Crippen molar-refractivity contribution in [2.24, 2.45) is 24.8 Å². The molecule has 4 bridgehead atoms. The zero-order valence-electron chi connectivity index (χ0n) is 19.5. The maximum atomic E-state index is 2.62. The zero-order chi connectivity index (χ0) is 21.9. The van der Waals surface area contributed by atoms with Crippen molar-refractivity contribution in [3.05, 3.63) is 65.9 Å². The molecule has 0 unspecified atom stereocenters. The Hall–Kier alpha value is -2.32. The Bertz CT molecular complexity index is 1460. The number of pyridine rings is 1. The van der Waals surface area contributed by atoms with Crippen molar-refractivity contribution in [3.63, 3.8) is 0 Å². The van der Waals surface area contributed by atoms with E-state index in [0.717, 1.165) is 17.8 Å². The molecular weight excluding hydrogens is 418 g/mol. The van der Waals surface area contributed by atoms with Gasteiger partial charge in [-0.1, -0.05) is 42.1 Å². The average molecular weight is 449 g/mol. The van der Waals surface area contributed by atoms with Gasteiger partial charge in [-0.15, -0.1) is 0 Å². The van der Waals surface area contributed by atoms with Gasteiger partial charge < -0.3 is 0 Å². The van der Waals surface area contributed by atoms with E-state index in [4.69, 9.17) is 0 Å². The summed E-state index contributed by atoms with van der Waals surface area (Å²) in [6, 6.07) is 18.9. The van der Waals surface area contributed by atoms with E-state index in [9.17, 15) is 0 Å². The maximum absolute atomic E-state index is 2.62. The smallest absolute Gasteiger partial charge is 0.200 e. The lowest BCUT2D eigenvalue weighted by molar-refractivity contribution is -0.659. The van der Waals surface area contributed by atoms with Crippen molar-refractivity contribution in [1.82, 2.24) is 0 Å². The molecule has 1 aromatic heterocycles. The number of rotatable bonds is 1. The molecule has 9 rings (SSSR count). The summed E-state index contributed by atoms with van der Waals surface area (Å²) in [5.74, 6) is 2.94. The van der Waals surface area contributed by atoms with Crippen LogP contribution in [0.2, 0.25) is 0 Å². The summed E-state index contributed by atoms with van der Waals surface area (Å²) >= 11 is 2.02. The van der Waals surface area contributed by atoms with Gasteiger partial charge in [-0.05, 0) is 108 Å². The van der Waals surface area contributed by atoms with Crippen LogP contribution in [0, 0.1) is 24.7 Å². The van der Waals surface area contributed by atoms with Gasteiger partial charge in [0.15, 0.2) is 6.20 Å². The van der Waals surface area contributed by atoms with Gasteiger partial charge in [0.25, 0.3) is 0 Å². The van der Waals surface area contributed by atoms with Gasteiger partial charge in [-0.25, -0.2) is 4.57 Å². The minimum atomic E-state index is 0.442. The van der Waals surface area contributed by atoms with E-state index in [1.165, 1.54) is 86.7 Å². The predicted molar refractivity (Wildman–Crippen MR) is 137 cm³/mol. The molecule has 2 heterocycles. The summed E-state index contributed by atoms with van der Waals surface area (Å²) in [6.07, 6.45) is 11.1. The summed E-state index contributed by atoms with van der Waals surface area (Å²) in [4.78, 5) is 2.90. The fourth-order valence-electron chi connectivity index (χ4n) is 8.61. The molecule has 4 aromatic rings. The minimum absolute atomic E-state index is 0.442. The molecule has 4 fully saturated rings. The van der Waals surface area contributed by atoms with E-state index in [2.05, 4.69) is 73.3 Å². The molecule has 0 spiro atoms. The van der Waals surface area contributed by atoms with Gasteiger partial charge >= 0.3 is 0 Å². The number of benzene rings is 3. The lowest BCUT2D eigenvalue weighted by Gasteiger charge is -2.57. The largest absolute Gasteiger partial charge is 0.222 e. The van der Waals surface area contributed by atoms with E-state index >= 15 is 0 Å². The summed E-state index contributed by atoms with van der Waals surface area (Å²) in [6.45, 7) is 2.31. The van der Waals surface area contributed by atoms with Gasteiger partial charge in [-0.2, -0.15) is 0 Å². The van der Waals surface area contributed by atoms with E-state index in [-0.39, 0.29) is 0 Å². The molecule has 0 radical (unpaired) electrons. The molecule has 164 valence electrons. The van der Waals surface area contributed by atoms with Crippen LogP contribution < -0.4 is 4.57 Å². The van der Waals surface area contributed by atoms with E-state index in [1.807, 2.05) is 11.8 Å². The normalized spacial score (nSPS) is 29.1. The number of aryl methyl sites for hydroxylation is 2. The van der Waals surface area contributed by atoms with Crippen LogP contribution in [-0.2, 0) is 12.5 Å². The highest BCUT2D eigenvalue weighted by Crippen LogP contribution is 2.61. The molecule has 0 N–H and O–H groups in total. The van der Waals surface area contributed by atoms with Crippen LogP contribution in [0.3, 0.4) is 0 Å². The van der Waals surface area contributed by atoms with Crippen LogP contribution in [0.5, 0.6) is 0 Å². The van der Waals surface area contributed by atoms with Crippen molar-refractivity contribution < 1.29 is 4.57 Å². The van der Waals surface area contributed by atoms with Crippen LogP contribution in [0.1, 0.15) is 49.7 Å². The molecule has 3 aromatic carbocycles. The molecule has 1 nitrogen and oxygen atoms in total. The molecule has 4 saturated carbocycles. The molecule has 5 aliphatic rings. The number of nitrogens with zero attached hydrogens (tertiary/aromatic N) is 1. The highest BCUT2D eigenvalue weighted by Gasteiger charge is 2.51. The highest BCUT2D eigenvalue weighted by atomic mass is 32.2. The van der Waals surface area contributed by atoms with Crippen molar-refractivity contribution in [2.75, 3.05) is 0 Å². The van der Waals surface area contributed by atoms with Crippen molar-refractivity contribution in [1.29, 1.82) is 0 Å². The number of hydrogen-bond donors (Lipinski definition) is 0. The third-order valence-electron chi connectivity index (χ3n) is 9.58. The van der Waals surface area contributed by atoms with Crippen LogP contribution in [0.25, 0.3) is 32.8 Å². The molecule has 1 aliphatic heterocycles. The summed E-state index contributed by atoms with van der Waals surface area (Å²) < 4.78 is 2.36. The highest BCUT2D eigenvalue weighted by molar-refractivity contribution is 7.99. The van der Waals surface area contributed by atoms with Gasteiger partial charge in [0.05, 0.1) is 10.9 Å². The second-order valence-corrected chi connectivity index (χ2v) is 12.7. The van der Waals surface area contributed by atoms with Crippen molar-refractivity contribution in [3.8, 4) is 11.3 Å². The molecule has 2 heteroatoms. The molecule has 4 aliphatic carbocycles. The quantitative estimate of drug-likeness (QED) is 0.237. The number of aromatic nitrogens is 1. The summed E-state index contributed by atoms with van der Waals surface area (Å²) in [7, 11) is 2.22. The third kappa shape index (κ3) is 2.54. The number of fused-ring (bicyclic) bond motifs is 3. The van der Waals surface area contributed by atoms with Gasteiger partial charge in [0.1, 0.15) is 7.05 Å². The third-order valence-corrected chi connectivity index (χ3v) is 10.7. The van der Waals surface area contributed by atoms with Crippen molar-refractivity contribution >= 4 is 33.3 Å². The first-order valence-electron chi connectivity index (χ1n) is 12.8. The summed E-state index contributed by atoms with van der Waals surface area (Å²) in [5.41, 5.74) is 6.34. The fourth-order valence-corrected chi connectivity index (χ4v) is 9.88. The van der Waals surface area contributed by atoms with Crippen LogP contribution >= 0.6 is 11.8 Å². The van der Waals surface area contributed by atoms with Crippen LogP contribution in [0.4, 0.5) is 0 Å². The first-order chi connectivity index (χ1) is 16.1. The monoisotopic (exact) mass is 448 g/mol. The Morgan fingerprint density at radius 3 is 2.33 bits per heavy atom. The maximum Gasteiger partial charge on any atom is 0.222 e. The first kappa shape index (κ1) is 19.0. The minimum Gasteiger partial charge on any atom is -0.200 e. The SMILES string of the molecule is Cc1c2c(cc3ccccc13)Sc1cc(C34CC5CC(CC(C5)C3)C4)cc3cc[n+](C)c-2c13. The Balaban J connectivity index is 1.39. The summed E-state index contributed by atoms with van der Waals surface area (Å²) in [5, 5.41) is 5.64. The second-order valence-electron chi connectivity index (χ2n) is 11.6. The Labute approximate surface area is 200 Å². The molecular formula is C31H30NS+. The second kappa shape index (κ2) is 6.42. The molecule has 0 saturated heterocycles. The average Bonchev–Trinajstić information content (AvgIpc) is 2.80. The van der Waals surface area contributed by atoms with Gasteiger partial charge in [0.2, 0.25) is 5.69 Å². The van der Waals surface area contributed by atoms with E-state index in [0.29, 0.717) is 5.41 Å².